The van der Waals surface area contributed by atoms with Crippen molar-refractivity contribution in [1.29, 1.82) is 0 Å². The van der Waals surface area contributed by atoms with Crippen LogP contribution in [0.5, 0.6) is 0 Å². The molecule has 4 nitrogen and oxygen atoms in total. The minimum absolute atomic E-state index is 0.236. The number of nitrogens with one attached hydrogen (secondary N) is 1. The largest absolute Gasteiger partial charge is 0.326 e. The van der Waals surface area contributed by atoms with Crippen LogP contribution in [0.1, 0.15) is 11.1 Å². The van der Waals surface area contributed by atoms with Gasteiger partial charge in [-0.05, 0) is 36.2 Å². The predicted octanol–water partition coefficient (Wildman–Crippen LogP) is 2.25. The fourth-order valence-corrected chi connectivity index (χ4v) is 2.99. The molecule has 0 heterocycles. The number of hydrogen-bond acceptors (Lipinski definition) is 3. The number of sulfonamides is 1. The molecule has 0 aliphatic rings. The summed E-state index contributed by atoms with van der Waals surface area (Å²) in [5.74, 6) is 0. The lowest BCUT2D eigenvalue weighted by molar-refractivity contribution is 0.601. The summed E-state index contributed by atoms with van der Waals surface area (Å²) >= 11 is 0. The molecule has 0 spiro atoms. The molecule has 0 atom stereocenters. The highest BCUT2D eigenvalue weighted by Crippen LogP contribution is 2.22. The molecule has 2 rings (SSSR count). The van der Waals surface area contributed by atoms with E-state index in [9.17, 15) is 8.42 Å². The summed E-state index contributed by atoms with van der Waals surface area (Å²) in [4.78, 5) is 0.236. The van der Waals surface area contributed by atoms with Crippen molar-refractivity contribution in [2.45, 2.75) is 18.4 Å². The highest BCUT2D eigenvalue weighted by molar-refractivity contribution is 7.92. The fourth-order valence-electron chi connectivity index (χ4n) is 1.87. The maximum atomic E-state index is 12.2. The van der Waals surface area contributed by atoms with E-state index in [-0.39, 0.29) is 4.90 Å². The van der Waals surface area contributed by atoms with Gasteiger partial charge >= 0.3 is 0 Å². The minimum Gasteiger partial charge on any atom is -0.326 e. The van der Waals surface area contributed by atoms with Gasteiger partial charge in [0.05, 0.1) is 10.6 Å². The van der Waals surface area contributed by atoms with Crippen LogP contribution in [0, 0.1) is 6.92 Å². The molecule has 5 heteroatoms. The Bertz CT molecular complexity index is 667. The molecule has 0 fully saturated rings. The third-order valence-electron chi connectivity index (χ3n) is 2.91. The van der Waals surface area contributed by atoms with Gasteiger partial charge < -0.3 is 5.73 Å². The Hall–Kier alpha value is -1.85. The number of rotatable bonds is 4. The van der Waals surface area contributed by atoms with Gasteiger partial charge in [0.2, 0.25) is 0 Å². The lowest BCUT2D eigenvalue weighted by atomic mass is 10.1. The first-order chi connectivity index (χ1) is 9.04. The van der Waals surface area contributed by atoms with Crippen molar-refractivity contribution in [1.82, 2.24) is 0 Å². The second-order valence-electron chi connectivity index (χ2n) is 4.22. The average Bonchev–Trinajstić information content (AvgIpc) is 2.40. The van der Waals surface area contributed by atoms with E-state index in [1.54, 1.807) is 42.5 Å². The monoisotopic (exact) mass is 276 g/mol. The lowest BCUT2D eigenvalue weighted by Crippen LogP contribution is -2.15. The van der Waals surface area contributed by atoms with Gasteiger partial charge in [-0.3, -0.25) is 4.72 Å². The Morgan fingerprint density at radius 1 is 1.05 bits per heavy atom. The van der Waals surface area contributed by atoms with Crippen molar-refractivity contribution in [2.24, 2.45) is 5.73 Å². The van der Waals surface area contributed by atoms with Gasteiger partial charge in [0.25, 0.3) is 10.0 Å². The Morgan fingerprint density at radius 2 is 1.74 bits per heavy atom. The topological polar surface area (TPSA) is 72.2 Å². The summed E-state index contributed by atoms with van der Waals surface area (Å²) in [5.41, 5.74) is 7.98. The molecule has 19 heavy (non-hydrogen) atoms. The fraction of sp³-hybridized carbons (Fsp3) is 0.143. The van der Waals surface area contributed by atoms with E-state index in [2.05, 4.69) is 4.72 Å². The Kier molecular flexibility index (Phi) is 3.87. The van der Waals surface area contributed by atoms with E-state index >= 15 is 0 Å². The Morgan fingerprint density at radius 3 is 2.37 bits per heavy atom. The summed E-state index contributed by atoms with van der Waals surface area (Å²) in [5, 5.41) is 0. The molecule has 2 aromatic rings. The number of hydrogen-bond donors (Lipinski definition) is 2. The normalized spacial score (nSPS) is 11.3. The molecule has 0 radical (unpaired) electrons. The number of nitrogens with two attached hydrogens (primary N) is 1. The van der Waals surface area contributed by atoms with Gasteiger partial charge in [-0.15, -0.1) is 0 Å². The third kappa shape index (κ3) is 2.94. The standard InChI is InChI=1S/C14H16N2O2S/c1-11-6-5-9-14(13(11)10-15)16-19(17,18)12-7-3-2-4-8-12/h2-9,16H,10,15H2,1H3. The zero-order valence-electron chi connectivity index (χ0n) is 10.6. The first-order valence-electron chi connectivity index (χ1n) is 5.91. The molecule has 0 aromatic heterocycles. The van der Waals surface area contributed by atoms with Crippen molar-refractivity contribution >= 4 is 15.7 Å². The van der Waals surface area contributed by atoms with Gasteiger partial charge in [-0.25, -0.2) is 8.42 Å². The SMILES string of the molecule is Cc1cccc(NS(=O)(=O)c2ccccc2)c1CN. The van der Waals surface area contributed by atoms with Crippen LogP contribution in [0.15, 0.2) is 53.4 Å². The van der Waals surface area contributed by atoms with Crippen LogP contribution in [-0.4, -0.2) is 8.42 Å². The molecule has 2 aromatic carbocycles. The van der Waals surface area contributed by atoms with E-state index in [4.69, 9.17) is 5.73 Å². The molecule has 100 valence electrons. The molecule has 0 bridgehead atoms. The van der Waals surface area contributed by atoms with Crippen LogP contribution in [0.25, 0.3) is 0 Å². The summed E-state index contributed by atoms with van der Waals surface area (Å²) in [7, 11) is -3.57. The van der Waals surface area contributed by atoms with Crippen LogP contribution in [0.2, 0.25) is 0 Å². The van der Waals surface area contributed by atoms with Crippen molar-refractivity contribution in [2.75, 3.05) is 4.72 Å². The van der Waals surface area contributed by atoms with E-state index in [1.807, 2.05) is 13.0 Å². The van der Waals surface area contributed by atoms with Crippen molar-refractivity contribution < 1.29 is 8.42 Å². The quantitative estimate of drug-likeness (QED) is 0.899. The molecule has 3 N–H and O–H groups in total. The minimum atomic E-state index is -3.57. The van der Waals surface area contributed by atoms with Crippen LogP contribution in [0.3, 0.4) is 0 Å². The van der Waals surface area contributed by atoms with E-state index in [0.717, 1.165) is 11.1 Å². The number of benzene rings is 2. The molecule has 0 aliphatic carbocycles. The third-order valence-corrected chi connectivity index (χ3v) is 4.29. The van der Waals surface area contributed by atoms with Gasteiger partial charge in [0.15, 0.2) is 0 Å². The highest BCUT2D eigenvalue weighted by atomic mass is 32.2. The van der Waals surface area contributed by atoms with Gasteiger partial charge in [-0.2, -0.15) is 0 Å². The summed E-state index contributed by atoms with van der Waals surface area (Å²) in [6, 6.07) is 13.7. The zero-order valence-corrected chi connectivity index (χ0v) is 11.4. The van der Waals surface area contributed by atoms with Crippen LogP contribution >= 0.6 is 0 Å². The summed E-state index contributed by atoms with van der Waals surface area (Å²) in [6.45, 7) is 2.20. The number of aryl methyl sites for hydroxylation is 1. The molecular weight excluding hydrogens is 260 g/mol. The predicted molar refractivity (Wildman–Crippen MR) is 76.3 cm³/mol. The van der Waals surface area contributed by atoms with Crippen LogP contribution in [0.4, 0.5) is 5.69 Å². The Labute approximate surface area is 113 Å². The first kappa shape index (κ1) is 13.6. The van der Waals surface area contributed by atoms with Crippen LogP contribution < -0.4 is 10.5 Å². The van der Waals surface area contributed by atoms with E-state index in [1.165, 1.54) is 0 Å². The maximum Gasteiger partial charge on any atom is 0.261 e. The zero-order chi connectivity index (χ0) is 13.9. The molecule has 0 saturated carbocycles. The van der Waals surface area contributed by atoms with Crippen molar-refractivity contribution in [3.8, 4) is 0 Å². The molecule has 0 aliphatic heterocycles. The van der Waals surface area contributed by atoms with Crippen molar-refractivity contribution in [3.05, 3.63) is 59.7 Å². The summed E-state index contributed by atoms with van der Waals surface area (Å²) < 4.78 is 27.0. The molecule has 0 unspecified atom stereocenters. The average molecular weight is 276 g/mol. The summed E-state index contributed by atoms with van der Waals surface area (Å²) in [6.07, 6.45) is 0. The lowest BCUT2D eigenvalue weighted by Gasteiger charge is -2.13. The van der Waals surface area contributed by atoms with Crippen LogP contribution in [-0.2, 0) is 16.6 Å². The Balaban J connectivity index is 2.39. The molecule has 0 saturated heterocycles. The maximum absolute atomic E-state index is 12.2. The smallest absolute Gasteiger partial charge is 0.261 e. The second kappa shape index (κ2) is 5.42. The second-order valence-corrected chi connectivity index (χ2v) is 5.91. The molecular formula is C14H16N2O2S. The first-order valence-corrected chi connectivity index (χ1v) is 7.39. The van der Waals surface area contributed by atoms with Gasteiger partial charge in [-0.1, -0.05) is 30.3 Å². The van der Waals surface area contributed by atoms with E-state index in [0.29, 0.717) is 12.2 Å². The van der Waals surface area contributed by atoms with Gasteiger partial charge in [0, 0.05) is 6.54 Å². The van der Waals surface area contributed by atoms with Crippen molar-refractivity contribution in [3.63, 3.8) is 0 Å². The highest BCUT2D eigenvalue weighted by Gasteiger charge is 2.15. The van der Waals surface area contributed by atoms with E-state index < -0.39 is 10.0 Å². The number of anilines is 1. The van der Waals surface area contributed by atoms with Gasteiger partial charge in [0.1, 0.15) is 0 Å². The molecule has 0 amide bonds.